The molecule has 1 amide bonds. The molecule has 1 N–H and O–H groups in total. The summed E-state index contributed by atoms with van der Waals surface area (Å²) < 4.78 is 13.9. The van der Waals surface area contributed by atoms with E-state index in [0.29, 0.717) is 10.5 Å². The molecule has 0 unspecified atom stereocenters. The quantitative estimate of drug-likeness (QED) is 0.617. The second-order valence-corrected chi connectivity index (χ2v) is 6.67. The number of ketones is 1. The van der Waals surface area contributed by atoms with E-state index in [0.717, 1.165) is 22.3 Å². The highest BCUT2D eigenvalue weighted by Gasteiger charge is 2.10. The van der Waals surface area contributed by atoms with Crippen molar-refractivity contribution in [3.63, 3.8) is 0 Å². The summed E-state index contributed by atoms with van der Waals surface area (Å²) in [5.74, 6) is -0.783. The number of hydrogen-bond acceptors (Lipinski definition) is 4. The van der Waals surface area contributed by atoms with E-state index in [1.54, 1.807) is 17.8 Å². The van der Waals surface area contributed by atoms with Crippen LogP contribution >= 0.6 is 23.5 Å². The van der Waals surface area contributed by atoms with Crippen molar-refractivity contribution < 1.29 is 14.0 Å². The number of benzene rings is 2. The first-order valence-electron chi connectivity index (χ1n) is 6.87. The zero-order chi connectivity index (χ0) is 16.8. The highest BCUT2D eigenvalue weighted by molar-refractivity contribution is 8.00. The Bertz CT molecular complexity index is 734. The molecule has 0 aliphatic carbocycles. The smallest absolute Gasteiger partial charge is 0.234 e. The van der Waals surface area contributed by atoms with E-state index in [1.807, 2.05) is 30.5 Å². The zero-order valence-corrected chi connectivity index (χ0v) is 14.4. The third-order valence-corrected chi connectivity index (χ3v) is 4.82. The van der Waals surface area contributed by atoms with E-state index in [1.165, 1.54) is 19.1 Å². The Morgan fingerprint density at radius 3 is 2.61 bits per heavy atom. The van der Waals surface area contributed by atoms with Gasteiger partial charge in [0.25, 0.3) is 0 Å². The number of nitrogens with one attached hydrogen (secondary N) is 1. The number of carbonyl (C=O) groups excluding carboxylic acids is 2. The standard InChI is InChI=1S/C17H16FNO2S2/c1-11(20)12-6-7-16(15(18)8-12)23-10-17(21)19-13-4-3-5-14(9-13)22-2/h3-9H,10H2,1-2H3,(H,19,21). The number of amides is 1. The van der Waals surface area contributed by atoms with Crippen molar-refractivity contribution in [1.82, 2.24) is 0 Å². The molecule has 2 aromatic rings. The molecule has 0 aliphatic heterocycles. The Balaban J connectivity index is 1.95. The van der Waals surface area contributed by atoms with Crippen LogP contribution in [0.4, 0.5) is 10.1 Å². The fraction of sp³-hybridized carbons (Fsp3) is 0.176. The summed E-state index contributed by atoms with van der Waals surface area (Å²) in [6, 6.07) is 11.8. The SMILES string of the molecule is CSc1cccc(NC(=O)CSc2ccc(C(C)=O)cc2F)c1. The number of carbonyl (C=O) groups is 2. The summed E-state index contributed by atoms with van der Waals surface area (Å²) >= 11 is 2.69. The summed E-state index contributed by atoms with van der Waals surface area (Å²) in [5, 5.41) is 2.79. The molecule has 0 aromatic heterocycles. The highest BCUT2D eigenvalue weighted by atomic mass is 32.2. The predicted molar refractivity (Wildman–Crippen MR) is 94.0 cm³/mol. The average Bonchev–Trinajstić information content (AvgIpc) is 2.53. The van der Waals surface area contributed by atoms with Gasteiger partial charge in [-0.1, -0.05) is 12.1 Å². The van der Waals surface area contributed by atoms with Gasteiger partial charge in [-0.15, -0.1) is 23.5 Å². The Kier molecular flexibility index (Phi) is 6.24. The van der Waals surface area contributed by atoms with E-state index < -0.39 is 5.82 Å². The largest absolute Gasteiger partial charge is 0.325 e. The van der Waals surface area contributed by atoms with Crippen molar-refractivity contribution >= 4 is 40.9 Å². The van der Waals surface area contributed by atoms with Crippen LogP contribution in [0.2, 0.25) is 0 Å². The molecule has 0 aliphatic rings. The molecule has 0 spiro atoms. The maximum atomic E-state index is 13.9. The van der Waals surface area contributed by atoms with E-state index in [9.17, 15) is 14.0 Å². The van der Waals surface area contributed by atoms with Gasteiger partial charge in [0.15, 0.2) is 5.78 Å². The van der Waals surface area contributed by atoms with Crippen LogP contribution in [0.5, 0.6) is 0 Å². The van der Waals surface area contributed by atoms with Crippen molar-refractivity contribution in [2.75, 3.05) is 17.3 Å². The minimum absolute atomic E-state index is 0.0971. The van der Waals surface area contributed by atoms with Gasteiger partial charge < -0.3 is 5.32 Å². The van der Waals surface area contributed by atoms with Crippen molar-refractivity contribution in [2.45, 2.75) is 16.7 Å². The molecule has 0 saturated heterocycles. The zero-order valence-electron chi connectivity index (χ0n) is 12.8. The Morgan fingerprint density at radius 1 is 1.17 bits per heavy atom. The van der Waals surface area contributed by atoms with Crippen molar-refractivity contribution in [3.8, 4) is 0 Å². The van der Waals surface area contributed by atoms with Gasteiger partial charge in [-0.25, -0.2) is 4.39 Å². The molecule has 2 rings (SSSR count). The lowest BCUT2D eigenvalue weighted by Crippen LogP contribution is -2.14. The van der Waals surface area contributed by atoms with Gasteiger partial charge in [-0.05, 0) is 43.5 Å². The molecule has 0 fully saturated rings. The number of rotatable bonds is 6. The Hall–Kier alpha value is -1.79. The van der Waals surface area contributed by atoms with Crippen LogP contribution in [0.3, 0.4) is 0 Å². The highest BCUT2D eigenvalue weighted by Crippen LogP contribution is 2.24. The molecule has 3 nitrogen and oxygen atoms in total. The molecule has 0 radical (unpaired) electrons. The lowest BCUT2D eigenvalue weighted by atomic mass is 10.1. The fourth-order valence-electron chi connectivity index (χ4n) is 1.88. The fourth-order valence-corrected chi connectivity index (χ4v) is 3.06. The lowest BCUT2D eigenvalue weighted by molar-refractivity contribution is -0.113. The van der Waals surface area contributed by atoms with E-state index >= 15 is 0 Å². The molecular weight excluding hydrogens is 333 g/mol. The number of halogens is 1. The summed E-state index contributed by atoms with van der Waals surface area (Å²) in [4.78, 5) is 24.6. The number of Topliss-reactive ketones (excluding diaryl/α,β-unsaturated/α-hetero) is 1. The maximum absolute atomic E-state index is 13.9. The minimum atomic E-state index is -0.486. The van der Waals surface area contributed by atoms with Gasteiger partial charge in [0, 0.05) is 21.0 Å². The Morgan fingerprint density at radius 2 is 1.96 bits per heavy atom. The average molecular weight is 349 g/mol. The lowest BCUT2D eigenvalue weighted by Gasteiger charge is -2.07. The van der Waals surface area contributed by atoms with Crippen LogP contribution in [0.15, 0.2) is 52.3 Å². The summed E-state index contributed by atoms with van der Waals surface area (Å²) in [7, 11) is 0. The van der Waals surface area contributed by atoms with Crippen LogP contribution in [-0.4, -0.2) is 23.7 Å². The predicted octanol–water partition coefficient (Wildman–Crippen LogP) is 4.48. The van der Waals surface area contributed by atoms with Gasteiger partial charge in [0.05, 0.1) is 5.75 Å². The van der Waals surface area contributed by atoms with E-state index in [2.05, 4.69) is 5.32 Å². The molecule has 0 atom stereocenters. The summed E-state index contributed by atoms with van der Waals surface area (Å²) in [5.41, 5.74) is 1.04. The number of hydrogen-bond donors (Lipinski definition) is 1. The van der Waals surface area contributed by atoms with Crippen molar-refractivity contribution in [2.24, 2.45) is 0 Å². The first-order chi connectivity index (χ1) is 11.0. The molecule has 2 aromatic carbocycles. The second kappa shape index (κ2) is 8.17. The summed E-state index contributed by atoms with van der Waals surface area (Å²) in [6.45, 7) is 1.39. The van der Waals surface area contributed by atoms with Gasteiger partial charge in [-0.2, -0.15) is 0 Å². The van der Waals surface area contributed by atoms with Gasteiger partial charge in [-0.3, -0.25) is 9.59 Å². The first-order valence-corrected chi connectivity index (χ1v) is 9.08. The molecule has 0 bridgehead atoms. The monoisotopic (exact) mass is 349 g/mol. The molecule has 0 saturated carbocycles. The van der Waals surface area contributed by atoms with E-state index in [-0.39, 0.29) is 17.4 Å². The van der Waals surface area contributed by atoms with Crippen LogP contribution in [0, 0.1) is 5.82 Å². The van der Waals surface area contributed by atoms with Crippen LogP contribution in [-0.2, 0) is 4.79 Å². The van der Waals surface area contributed by atoms with Crippen molar-refractivity contribution in [1.29, 1.82) is 0 Å². The first kappa shape index (κ1) is 17.6. The maximum Gasteiger partial charge on any atom is 0.234 e. The molecule has 6 heteroatoms. The van der Waals surface area contributed by atoms with Crippen LogP contribution in [0.1, 0.15) is 17.3 Å². The van der Waals surface area contributed by atoms with Crippen LogP contribution < -0.4 is 5.32 Å². The van der Waals surface area contributed by atoms with Gasteiger partial charge in [0.2, 0.25) is 5.91 Å². The second-order valence-electron chi connectivity index (χ2n) is 4.77. The Labute approximate surface area is 143 Å². The topological polar surface area (TPSA) is 46.2 Å². The normalized spacial score (nSPS) is 10.4. The number of thioether (sulfide) groups is 2. The number of anilines is 1. The van der Waals surface area contributed by atoms with Gasteiger partial charge in [0.1, 0.15) is 5.82 Å². The third-order valence-electron chi connectivity index (χ3n) is 3.05. The molecule has 0 heterocycles. The van der Waals surface area contributed by atoms with Crippen molar-refractivity contribution in [3.05, 3.63) is 53.8 Å². The molecule has 23 heavy (non-hydrogen) atoms. The minimum Gasteiger partial charge on any atom is -0.325 e. The third kappa shape index (κ3) is 5.11. The molecule has 120 valence electrons. The summed E-state index contributed by atoms with van der Waals surface area (Å²) in [6.07, 6.45) is 1.96. The van der Waals surface area contributed by atoms with Gasteiger partial charge >= 0.3 is 0 Å². The molecular formula is C17H16FNO2S2. The van der Waals surface area contributed by atoms with Crippen LogP contribution in [0.25, 0.3) is 0 Å². The van der Waals surface area contributed by atoms with E-state index in [4.69, 9.17) is 0 Å².